The van der Waals surface area contributed by atoms with Crippen LogP contribution in [0, 0.1) is 0 Å². The van der Waals surface area contributed by atoms with Crippen molar-refractivity contribution in [1.29, 1.82) is 0 Å². The van der Waals surface area contributed by atoms with E-state index in [1.165, 1.54) is 11.8 Å². The fourth-order valence-corrected chi connectivity index (χ4v) is 4.57. The molecule has 3 heterocycles. The van der Waals surface area contributed by atoms with Crippen molar-refractivity contribution in [2.24, 2.45) is 0 Å². The van der Waals surface area contributed by atoms with Gasteiger partial charge in [0.1, 0.15) is 0 Å². The molecule has 4 rings (SSSR count). The number of benzene rings is 1. The van der Waals surface area contributed by atoms with Gasteiger partial charge in [0, 0.05) is 23.8 Å². The van der Waals surface area contributed by atoms with Crippen LogP contribution in [0.4, 0.5) is 4.79 Å². The number of nitrogens with one attached hydrogen (secondary N) is 2. The maximum atomic E-state index is 13.3. The molecule has 1 aromatic carbocycles. The second kappa shape index (κ2) is 9.86. The molecule has 10 heteroatoms. The molecule has 9 nitrogen and oxygen atoms in total. The van der Waals surface area contributed by atoms with Crippen molar-refractivity contribution >= 4 is 34.7 Å². The van der Waals surface area contributed by atoms with Crippen molar-refractivity contribution in [2.75, 3.05) is 12.4 Å². The van der Waals surface area contributed by atoms with Crippen molar-refractivity contribution in [3.63, 3.8) is 0 Å². The number of carbonyl (C=O) groups is 2. The third kappa shape index (κ3) is 4.90. The number of esters is 1. The fraction of sp³-hybridized carbons (Fsp3) is 0.261. The average Bonchev–Trinajstić information content (AvgIpc) is 2.80. The van der Waals surface area contributed by atoms with Gasteiger partial charge in [-0.25, -0.2) is 14.6 Å². The lowest BCUT2D eigenvalue weighted by Crippen LogP contribution is -2.49. The Kier molecular flexibility index (Phi) is 6.74. The van der Waals surface area contributed by atoms with Gasteiger partial charge < -0.3 is 15.4 Å². The van der Waals surface area contributed by atoms with Gasteiger partial charge in [-0.1, -0.05) is 30.0 Å². The van der Waals surface area contributed by atoms with E-state index in [0.29, 0.717) is 33.9 Å². The topological polar surface area (TPSA) is 115 Å². The molecule has 0 radical (unpaired) electrons. The van der Waals surface area contributed by atoms with Gasteiger partial charge in [-0.2, -0.15) is 0 Å². The van der Waals surface area contributed by atoms with E-state index in [-0.39, 0.29) is 17.9 Å². The smallest absolute Gasteiger partial charge is 0.337 e. The molecule has 33 heavy (non-hydrogen) atoms. The number of fused-ring (bicyclic) bond motifs is 1. The van der Waals surface area contributed by atoms with Crippen LogP contribution in [0.25, 0.3) is 10.9 Å². The number of hydrogen-bond donors (Lipinski definition) is 2. The molecule has 2 aromatic heterocycles. The minimum absolute atomic E-state index is 0.172. The summed E-state index contributed by atoms with van der Waals surface area (Å²) in [7, 11) is 0. The van der Waals surface area contributed by atoms with Crippen molar-refractivity contribution in [1.82, 2.24) is 25.2 Å². The number of ether oxygens (including phenoxy) is 1. The Balaban J connectivity index is 1.73. The maximum Gasteiger partial charge on any atom is 0.337 e. The number of amides is 2. The molecule has 0 aliphatic carbocycles. The SMILES string of the molecule is CCOC(=O)C1=C(CSc2nc3ccccc3c(=O)n2Cc2cccnc2)NC(=O)NC1C. The highest BCUT2D eigenvalue weighted by atomic mass is 32.2. The van der Waals surface area contributed by atoms with Crippen LogP contribution in [0.3, 0.4) is 0 Å². The molecule has 1 aliphatic heterocycles. The number of aromatic nitrogens is 3. The number of thioether (sulfide) groups is 1. The van der Waals surface area contributed by atoms with Gasteiger partial charge in [0.25, 0.3) is 5.56 Å². The highest BCUT2D eigenvalue weighted by Crippen LogP contribution is 2.24. The minimum atomic E-state index is -0.504. The predicted octanol–water partition coefficient (Wildman–Crippen LogP) is 2.45. The Bertz CT molecular complexity index is 1290. The lowest BCUT2D eigenvalue weighted by atomic mass is 10.1. The second-order valence-electron chi connectivity index (χ2n) is 7.39. The maximum absolute atomic E-state index is 13.3. The standard InChI is InChI=1S/C23H23N5O4S/c1-3-32-21(30)19-14(2)25-22(31)26-18(19)13-33-23-27-17-9-5-4-8-16(17)20(29)28(23)12-15-7-6-10-24-11-15/h4-11,14H,3,12-13H2,1-2H3,(H2,25,26,31). The lowest BCUT2D eigenvalue weighted by molar-refractivity contribution is -0.138. The molecule has 2 amide bonds. The van der Waals surface area contributed by atoms with Crippen LogP contribution in [-0.2, 0) is 16.1 Å². The summed E-state index contributed by atoms with van der Waals surface area (Å²) < 4.78 is 6.76. The van der Waals surface area contributed by atoms with Gasteiger partial charge in [-0.3, -0.25) is 14.3 Å². The summed E-state index contributed by atoms with van der Waals surface area (Å²) >= 11 is 1.27. The van der Waals surface area contributed by atoms with E-state index in [0.717, 1.165) is 5.56 Å². The van der Waals surface area contributed by atoms with Gasteiger partial charge in [0.15, 0.2) is 5.16 Å². The monoisotopic (exact) mass is 465 g/mol. The summed E-state index contributed by atoms with van der Waals surface area (Å²) in [4.78, 5) is 46.7. The third-order valence-electron chi connectivity index (χ3n) is 5.10. The number of pyridine rings is 1. The van der Waals surface area contributed by atoms with Crippen LogP contribution in [0.2, 0.25) is 0 Å². The Labute approximate surface area is 194 Å². The van der Waals surface area contributed by atoms with Crippen LogP contribution in [-0.4, -0.2) is 44.9 Å². The molecule has 1 aliphatic rings. The molecule has 2 N–H and O–H groups in total. The molecule has 0 spiro atoms. The Morgan fingerprint density at radius 1 is 1.21 bits per heavy atom. The molecule has 3 aromatic rings. The minimum Gasteiger partial charge on any atom is -0.463 e. The van der Waals surface area contributed by atoms with E-state index in [9.17, 15) is 14.4 Å². The molecule has 1 unspecified atom stereocenters. The lowest BCUT2D eigenvalue weighted by Gasteiger charge is -2.26. The van der Waals surface area contributed by atoms with Crippen molar-refractivity contribution in [3.8, 4) is 0 Å². The number of para-hydroxylation sites is 1. The molecule has 0 saturated carbocycles. The fourth-order valence-electron chi connectivity index (χ4n) is 3.60. The van der Waals surface area contributed by atoms with Crippen LogP contribution < -0.4 is 16.2 Å². The van der Waals surface area contributed by atoms with E-state index in [4.69, 9.17) is 9.72 Å². The normalized spacial score (nSPS) is 15.8. The van der Waals surface area contributed by atoms with Gasteiger partial charge >= 0.3 is 12.0 Å². The first kappa shape index (κ1) is 22.5. The highest BCUT2D eigenvalue weighted by molar-refractivity contribution is 7.99. The number of carbonyl (C=O) groups excluding carboxylic acids is 2. The summed E-state index contributed by atoms with van der Waals surface area (Å²) in [5.74, 6) is -0.267. The molecular formula is C23H23N5O4S. The van der Waals surface area contributed by atoms with Gasteiger partial charge in [-0.05, 0) is 37.6 Å². The molecular weight excluding hydrogens is 442 g/mol. The molecule has 0 bridgehead atoms. The largest absolute Gasteiger partial charge is 0.463 e. The summed E-state index contributed by atoms with van der Waals surface area (Å²) in [5, 5.41) is 6.37. The second-order valence-corrected chi connectivity index (χ2v) is 8.33. The number of hydrogen-bond acceptors (Lipinski definition) is 7. The first-order chi connectivity index (χ1) is 16.0. The summed E-state index contributed by atoms with van der Waals surface area (Å²) in [6, 6.07) is 9.95. The van der Waals surface area contributed by atoms with Crippen LogP contribution in [0.1, 0.15) is 19.4 Å². The molecule has 0 saturated heterocycles. The Hall–Kier alpha value is -3.66. The molecule has 0 fully saturated rings. The van der Waals surface area contributed by atoms with E-state index in [1.54, 1.807) is 49.0 Å². The number of urea groups is 1. The summed E-state index contributed by atoms with van der Waals surface area (Å²) in [5.41, 5.74) is 2.05. The van der Waals surface area contributed by atoms with E-state index in [2.05, 4.69) is 15.6 Å². The Morgan fingerprint density at radius 3 is 2.79 bits per heavy atom. The number of nitrogens with zero attached hydrogens (tertiary/aromatic N) is 3. The quantitative estimate of drug-likeness (QED) is 0.313. The first-order valence-corrected chi connectivity index (χ1v) is 11.5. The average molecular weight is 466 g/mol. The zero-order valence-corrected chi connectivity index (χ0v) is 19.0. The first-order valence-electron chi connectivity index (χ1n) is 10.5. The zero-order chi connectivity index (χ0) is 23.4. The number of rotatable bonds is 7. The van der Waals surface area contributed by atoms with E-state index in [1.807, 2.05) is 18.2 Å². The molecule has 170 valence electrons. The van der Waals surface area contributed by atoms with E-state index >= 15 is 0 Å². The van der Waals surface area contributed by atoms with Crippen molar-refractivity contribution in [2.45, 2.75) is 31.6 Å². The van der Waals surface area contributed by atoms with Crippen LogP contribution >= 0.6 is 11.8 Å². The van der Waals surface area contributed by atoms with Crippen LogP contribution in [0.5, 0.6) is 0 Å². The predicted molar refractivity (Wildman–Crippen MR) is 125 cm³/mol. The van der Waals surface area contributed by atoms with Crippen molar-refractivity contribution < 1.29 is 14.3 Å². The Morgan fingerprint density at radius 2 is 2.03 bits per heavy atom. The van der Waals surface area contributed by atoms with Crippen LogP contribution in [0.15, 0.2) is 70.0 Å². The van der Waals surface area contributed by atoms with Gasteiger partial charge in [-0.15, -0.1) is 0 Å². The van der Waals surface area contributed by atoms with Gasteiger partial charge in [0.2, 0.25) is 0 Å². The third-order valence-corrected chi connectivity index (χ3v) is 6.10. The van der Waals surface area contributed by atoms with E-state index < -0.39 is 18.0 Å². The summed E-state index contributed by atoms with van der Waals surface area (Å²) in [6.45, 7) is 3.96. The molecule has 1 atom stereocenters. The highest BCUT2D eigenvalue weighted by Gasteiger charge is 2.30. The zero-order valence-electron chi connectivity index (χ0n) is 18.2. The summed E-state index contributed by atoms with van der Waals surface area (Å²) in [6.07, 6.45) is 3.37. The van der Waals surface area contributed by atoms with Gasteiger partial charge in [0.05, 0.1) is 35.7 Å². The van der Waals surface area contributed by atoms with Crippen molar-refractivity contribution in [3.05, 3.63) is 76.0 Å².